The summed E-state index contributed by atoms with van der Waals surface area (Å²) in [7, 11) is 1.70. The Balaban J connectivity index is 2.68. The fraction of sp³-hybridized carbons (Fsp3) is 0.875. The number of rotatable bonds is 4. The number of nitrogens with one attached hydrogen (secondary N) is 1. The van der Waals surface area contributed by atoms with E-state index in [1.54, 1.807) is 11.9 Å². The number of carbonyl (C=O) groups is 2. The largest absolute Gasteiger partial charge is 0.350 e. The Morgan fingerprint density at radius 2 is 1.67 bits per heavy atom. The summed E-state index contributed by atoms with van der Waals surface area (Å²) < 4.78 is 0. The molecule has 0 spiro atoms. The van der Waals surface area contributed by atoms with Gasteiger partial charge in [0.25, 0.3) is 0 Å². The molecule has 1 fully saturated rings. The molecule has 0 heterocycles. The maximum atomic E-state index is 12.8. The van der Waals surface area contributed by atoms with Crippen LogP contribution in [0.25, 0.3) is 0 Å². The van der Waals surface area contributed by atoms with Crippen LogP contribution in [0.5, 0.6) is 0 Å². The second-order valence-corrected chi connectivity index (χ2v) is 7.36. The molecule has 21 heavy (non-hydrogen) atoms. The van der Waals surface area contributed by atoms with Crippen LogP contribution in [0, 0.1) is 5.41 Å². The SMILES string of the molecule is CN(CC(=O)NC(C)(C)C)C(=O)C1(CN)CCCCCC1. The van der Waals surface area contributed by atoms with Gasteiger partial charge in [-0.05, 0) is 33.6 Å². The molecular formula is C16H31N3O2. The molecule has 0 aromatic heterocycles. The minimum Gasteiger partial charge on any atom is -0.350 e. The summed E-state index contributed by atoms with van der Waals surface area (Å²) in [5.74, 6) is -0.102. The summed E-state index contributed by atoms with van der Waals surface area (Å²) in [4.78, 5) is 26.3. The van der Waals surface area contributed by atoms with Crippen LogP contribution < -0.4 is 11.1 Å². The van der Waals surface area contributed by atoms with E-state index in [1.807, 2.05) is 20.8 Å². The zero-order valence-electron chi connectivity index (χ0n) is 14.0. The van der Waals surface area contributed by atoms with Crippen LogP contribution in [-0.4, -0.2) is 42.4 Å². The third kappa shape index (κ3) is 5.30. The van der Waals surface area contributed by atoms with Crippen molar-refractivity contribution in [2.24, 2.45) is 11.1 Å². The van der Waals surface area contributed by atoms with E-state index in [1.165, 1.54) is 12.8 Å². The maximum Gasteiger partial charge on any atom is 0.240 e. The Labute approximate surface area is 128 Å². The van der Waals surface area contributed by atoms with Crippen molar-refractivity contribution in [2.75, 3.05) is 20.1 Å². The molecule has 0 aliphatic heterocycles. The molecule has 2 amide bonds. The van der Waals surface area contributed by atoms with Crippen LogP contribution in [0.2, 0.25) is 0 Å². The van der Waals surface area contributed by atoms with Gasteiger partial charge in [-0.3, -0.25) is 9.59 Å². The zero-order valence-corrected chi connectivity index (χ0v) is 14.0. The number of amides is 2. The van der Waals surface area contributed by atoms with Crippen molar-refractivity contribution in [1.82, 2.24) is 10.2 Å². The second-order valence-electron chi connectivity index (χ2n) is 7.36. The van der Waals surface area contributed by atoms with Crippen LogP contribution in [0.1, 0.15) is 59.3 Å². The standard InChI is InChI=1S/C16H31N3O2/c1-15(2,3)18-13(20)11-19(4)14(21)16(12-17)9-7-5-6-8-10-16/h5-12,17H2,1-4H3,(H,18,20). The molecular weight excluding hydrogens is 266 g/mol. The van der Waals surface area contributed by atoms with Crippen molar-refractivity contribution in [3.63, 3.8) is 0 Å². The molecule has 5 nitrogen and oxygen atoms in total. The van der Waals surface area contributed by atoms with Crippen LogP contribution >= 0.6 is 0 Å². The van der Waals surface area contributed by atoms with Gasteiger partial charge in [0.1, 0.15) is 0 Å². The average molecular weight is 297 g/mol. The summed E-state index contributed by atoms with van der Waals surface area (Å²) >= 11 is 0. The highest BCUT2D eigenvalue weighted by Gasteiger charge is 2.39. The van der Waals surface area contributed by atoms with Crippen LogP contribution in [-0.2, 0) is 9.59 Å². The van der Waals surface area contributed by atoms with E-state index in [0.29, 0.717) is 6.54 Å². The van der Waals surface area contributed by atoms with Gasteiger partial charge in [0.2, 0.25) is 11.8 Å². The van der Waals surface area contributed by atoms with Gasteiger partial charge in [0.15, 0.2) is 0 Å². The Morgan fingerprint density at radius 1 is 1.14 bits per heavy atom. The third-order valence-corrected chi connectivity index (χ3v) is 4.15. The molecule has 1 saturated carbocycles. The van der Waals surface area contributed by atoms with Gasteiger partial charge in [-0.25, -0.2) is 0 Å². The van der Waals surface area contributed by atoms with Gasteiger partial charge in [0.05, 0.1) is 12.0 Å². The lowest BCUT2D eigenvalue weighted by molar-refractivity contribution is -0.144. The van der Waals surface area contributed by atoms with Gasteiger partial charge in [-0.1, -0.05) is 25.7 Å². The molecule has 0 unspecified atom stereocenters. The van der Waals surface area contributed by atoms with Crippen molar-refractivity contribution < 1.29 is 9.59 Å². The molecule has 3 N–H and O–H groups in total. The molecule has 1 aliphatic rings. The fourth-order valence-corrected chi connectivity index (χ4v) is 3.06. The predicted octanol–water partition coefficient (Wildman–Crippen LogP) is 1.66. The molecule has 0 saturated heterocycles. The summed E-state index contributed by atoms with van der Waals surface area (Å²) in [5.41, 5.74) is 5.18. The van der Waals surface area contributed by atoms with Crippen LogP contribution in [0.15, 0.2) is 0 Å². The van der Waals surface area contributed by atoms with Gasteiger partial charge < -0.3 is 16.0 Å². The number of nitrogens with two attached hydrogens (primary N) is 1. The van der Waals surface area contributed by atoms with E-state index in [-0.39, 0.29) is 23.9 Å². The van der Waals surface area contributed by atoms with Crippen molar-refractivity contribution in [3.8, 4) is 0 Å². The Kier molecular flexibility index (Phi) is 6.20. The Bertz CT molecular complexity index is 366. The summed E-state index contributed by atoms with van der Waals surface area (Å²) in [6.45, 7) is 6.26. The van der Waals surface area contributed by atoms with Crippen molar-refractivity contribution in [1.29, 1.82) is 0 Å². The van der Waals surface area contributed by atoms with Crippen LogP contribution in [0.4, 0.5) is 0 Å². The maximum absolute atomic E-state index is 12.8. The molecule has 122 valence electrons. The first-order valence-electron chi connectivity index (χ1n) is 7.97. The molecule has 1 rings (SSSR count). The lowest BCUT2D eigenvalue weighted by Crippen LogP contribution is -2.51. The van der Waals surface area contributed by atoms with Gasteiger partial charge in [-0.2, -0.15) is 0 Å². The van der Waals surface area contributed by atoms with Crippen molar-refractivity contribution in [2.45, 2.75) is 64.8 Å². The molecule has 0 aromatic carbocycles. The molecule has 0 bridgehead atoms. The van der Waals surface area contributed by atoms with E-state index in [4.69, 9.17) is 5.73 Å². The average Bonchev–Trinajstić information content (AvgIpc) is 2.61. The number of carbonyl (C=O) groups excluding carboxylic acids is 2. The van der Waals surface area contributed by atoms with E-state index in [9.17, 15) is 9.59 Å². The van der Waals surface area contributed by atoms with E-state index >= 15 is 0 Å². The highest BCUT2D eigenvalue weighted by Crippen LogP contribution is 2.35. The molecule has 0 atom stereocenters. The molecule has 0 aromatic rings. The normalized spacial score (nSPS) is 18.7. The Morgan fingerprint density at radius 3 is 2.10 bits per heavy atom. The topological polar surface area (TPSA) is 75.4 Å². The highest BCUT2D eigenvalue weighted by molar-refractivity contribution is 5.88. The molecule has 1 aliphatic carbocycles. The number of likely N-dealkylation sites (N-methyl/N-ethyl adjacent to an activating group) is 1. The lowest BCUT2D eigenvalue weighted by atomic mass is 9.79. The first-order valence-corrected chi connectivity index (χ1v) is 7.97. The van der Waals surface area contributed by atoms with Crippen LogP contribution in [0.3, 0.4) is 0 Å². The number of hydrogen-bond acceptors (Lipinski definition) is 3. The monoisotopic (exact) mass is 297 g/mol. The summed E-state index contributed by atoms with van der Waals surface area (Å²) in [5, 5.41) is 2.89. The summed E-state index contributed by atoms with van der Waals surface area (Å²) in [6.07, 6.45) is 6.11. The summed E-state index contributed by atoms with van der Waals surface area (Å²) in [6, 6.07) is 0. The highest BCUT2D eigenvalue weighted by atomic mass is 16.2. The van der Waals surface area contributed by atoms with Gasteiger partial charge >= 0.3 is 0 Å². The number of hydrogen-bond donors (Lipinski definition) is 2. The third-order valence-electron chi connectivity index (χ3n) is 4.15. The van der Waals surface area contributed by atoms with E-state index < -0.39 is 5.41 Å². The Hall–Kier alpha value is -1.10. The van der Waals surface area contributed by atoms with Gasteiger partial charge in [-0.15, -0.1) is 0 Å². The van der Waals surface area contributed by atoms with E-state index in [0.717, 1.165) is 25.7 Å². The smallest absolute Gasteiger partial charge is 0.240 e. The minimum atomic E-state index is -0.465. The fourth-order valence-electron chi connectivity index (χ4n) is 3.06. The zero-order chi connectivity index (χ0) is 16.1. The molecule has 0 radical (unpaired) electrons. The van der Waals surface area contributed by atoms with E-state index in [2.05, 4.69) is 5.32 Å². The minimum absolute atomic E-state index is 0.0240. The first-order chi connectivity index (χ1) is 9.70. The second kappa shape index (κ2) is 7.25. The van der Waals surface area contributed by atoms with Crippen molar-refractivity contribution >= 4 is 11.8 Å². The number of nitrogens with zero attached hydrogens (tertiary/aromatic N) is 1. The lowest BCUT2D eigenvalue weighted by Gasteiger charge is -2.34. The first kappa shape index (κ1) is 18.0. The quantitative estimate of drug-likeness (QED) is 0.775. The van der Waals surface area contributed by atoms with Gasteiger partial charge in [0, 0.05) is 19.1 Å². The predicted molar refractivity (Wildman–Crippen MR) is 84.7 cm³/mol. The van der Waals surface area contributed by atoms with Crippen molar-refractivity contribution in [3.05, 3.63) is 0 Å². The molecule has 5 heteroatoms.